The molecule has 3 N–H and O–H groups in total. The molecule has 4 atom stereocenters. The molecule has 3 rings (SSSR count). The van der Waals surface area contributed by atoms with Crippen LogP contribution in [0.15, 0.2) is 12.5 Å². The van der Waals surface area contributed by atoms with Crippen LogP contribution in [0, 0.1) is 11.8 Å². The molecule has 1 aromatic rings. The van der Waals surface area contributed by atoms with E-state index in [2.05, 4.69) is 9.55 Å². The van der Waals surface area contributed by atoms with Gasteiger partial charge in [0.15, 0.2) is 0 Å². The SMILES string of the molecule is NC(CO)c1cncn1C1CC2CCC1C2. The van der Waals surface area contributed by atoms with Crippen LogP contribution in [0.4, 0.5) is 0 Å². The van der Waals surface area contributed by atoms with E-state index in [0.717, 1.165) is 17.5 Å². The van der Waals surface area contributed by atoms with E-state index in [9.17, 15) is 0 Å². The van der Waals surface area contributed by atoms with Crippen LogP contribution in [0.1, 0.15) is 43.5 Å². The van der Waals surface area contributed by atoms with Crippen molar-refractivity contribution in [3.63, 3.8) is 0 Å². The highest BCUT2D eigenvalue weighted by Gasteiger charge is 2.41. The summed E-state index contributed by atoms with van der Waals surface area (Å²) in [7, 11) is 0. The summed E-state index contributed by atoms with van der Waals surface area (Å²) in [6.45, 7) is -0.00743. The van der Waals surface area contributed by atoms with Crippen LogP contribution in [0.5, 0.6) is 0 Å². The fourth-order valence-electron chi connectivity index (χ4n) is 3.52. The minimum absolute atomic E-state index is 0.00743. The standard InChI is InChI=1S/C12H19N3O/c13-10(6-16)12-5-14-7-15(12)11-4-8-1-2-9(11)3-8/h5,7-11,16H,1-4,6,13H2. The van der Waals surface area contributed by atoms with Gasteiger partial charge in [0, 0.05) is 12.2 Å². The lowest BCUT2D eigenvalue weighted by Crippen LogP contribution is -2.23. The first-order valence-electron chi connectivity index (χ1n) is 6.17. The molecule has 0 saturated heterocycles. The summed E-state index contributed by atoms with van der Waals surface area (Å²) in [5.41, 5.74) is 6.88. The Hall–Kier alpha value is -0.870. The number of hydrogen-bond acceptors (Lipinski definition) is 3. The molecule has 0 aliphatic heterocycles. The topological polar surface area (TPSA) is 64.1 Å². The maximum absolute atomic E-state index is 9.14. The second-order valence-corrected chi connectivity index (χ2v) is 5.26. The van der Waals surface area contributed by atoms with Crippen LogP contribution in [-0.2, 0) is 0 Å². The van der Waals surface area contributed by atoms with Crippen molar-refractivity contribution in [1.29, 1.82) is 0 Å². The summed E-state index contributed by atoms with van der Waals surface area (Å²) >= 11 is 0. The fourth-order valence-corrected chi connectivity index (χ4v) is 3.52. The van der Waals surface area contributed by atoms with E-state index >= 15 is 0 Å². The number of fused-ring (bicyclic) bond motifs is 2. The zero-order chi connectivity index (χ0) is 11.1. The number of nitrogens with two attached hydrogens (primary N) is 1. The lowest BCUT2D eigenvalue weighted by atomic mass is 9.95. The zero-order valence-electron chi connectivity index (χ0n) is 9.42. The Bertz CT molecular complexity index is 376. The highest BCUT2D eigenvalue weighted by atomic mass is 16.3. The highest BCUT2D eigenvalue weighted by Crippen LogP contribution is 2.51. The fraction of sp³-hybridized carbons (Fsp3) is 0.750. The molecule has 0 spiro atoms. The Morgan fingerprint density at radius 1 is 1.50 bits per heavy atom. The van der Waals surface area contributed by atoms with Gasteiger partial charge in [-0.15, -0.1) is 0 Å². The molecule has 4 heteroatoms. The summed E-state index contributed by atoms with van der Waals surface area (Å²) < 4.78 is 2.21. The van der Waals surface area contributed by atoms with Gasteiger partial charge >= 0.3 is 0 Å². The van der Waals surface area contributed by atoms with Crippen LogP contribution in [0.2, 0.25) is 0 Å². The van der Waals surface area contributed by atoms with E-state index in [4.69, 9.17) is 10.8 Å². The van der Waals surface area contributed by atoms with Crippen molar-refractivity contribution in [3.05, 3.63) is 18.2 Å². The number of aliphatic hydroxyl groups is 1. The van der Waals surface area contributed by atoms with Crippen LogP contribution in [-0.4, -0.2) is 21.3 Å². The van der Waals surface area contributed by atoms with Crippen molar-refractivity contribution < 1.29 is 5.11 Å². The van der Waals surface area contributed by atoms with Gasteiger partial charge in [-0.25, -0.2) is 4.98 Å². The Morgan fingerprint density at radius 2 is 2.38 bits per heavy atom. The first-order chi connectivity index (χ1) is 7.79. The Balaban J connectivity index is 1.87. The second kappa shape index (κ2) is 3.86. The van der Waals surface area contributed by atoms with E-state index in [1.54, 1.807) is 6.20 Å². The second-order valence-electron chi connectivity index (χ2n) is 5.26. The molecule has 16 heavy (non-hydrogen) atoms. The lowest BCUT2D eigenvalue weighted by molar-refractivity contribution is 0.254. The van der Waals surface area contributed by atoms with Crippen molar-refractivity contribution in [2.24, 2.45) is 17.6 Å². The number of imidazole rings is 1. The lowest BCUT2D eigenvalue weighted by Gasteiger charge is -2.26. The van der Waals surface area contributed by atoms with Crippen LogP contribution >= 0.6 is 0 Å². The van der Waals surface area contributed by atoms with Gasteiger partial charge in [-0.05, 0) is 31.1 Å². The normalized spacial score (nSPS) is 34.5. The number of aliphatic hydroxyl groups excluding tert-OH is 1. The van der Waals surface area contributed by atoms with Gasteiger partial charge in [0.1, 0.15) is 0 Å². The minimum Gasteiger partial charge on any atom is -0.394 e. The molecule has 2 fully saturated rings. The first-order valence-corrected chi connectivity index (χ1v) is 6.17. The molecular weight excluding hydrogens is 202 g/mol. The first kappa shape index (κ1) is 10.3. The smallest absolute Gasteiger partial charge is 0.0951 e. The molecule has 4 unspecified atom stereocenters. The number of rotatable bonds is 3. The van der Waals surface area contributed by atoms with E-state index in [0.29, 0.717) is 6.04 Å². The van der Waals surface area contributed by atoms with Crippen LogP contribution < -0.4 is 5.73 Å². The third kappa shape index (κ3) is 1.48. The Morgan fingerprint density at radius 3 is 3.00 bits per heavy atom. The Labute approximate surface area is 95.5 Å². The minimum atomic E-state index is -0.290. The number of hydrogen-bond donors (Lipinski definition) is 2. The highest BCUT2D eigenvalue weighted by molar-refractivity contribution is 5.09. The Kier molecular flexibility index (Phi) is 2.48. The summed E-state index contributed by atoms with van der Waals surface area (Å²) in [6, 6.07) is 0.287. The van der Waals surface area contributed by atoms with Crippen molar-refractivity contribution in [2.45, 2.75) is 37.8 Å². The number of aromatic nitrogens is 2. The molecule has 4 nitrogen and oxygen atoms in total. The molecule has 1 aromatic heterocycles. The molecule has 0 aromatic carbocycles. The molecule has 2 bridgehead atoms. The van der Waals surface area contributed by atoms with E-state index < -0.39 is 0 Å². The maximum Gasteiger partial charge on any atom is 0.0951 e. The summed E-state index contributed by atoms with van der Waals surface area (Å²) in [6.07, 6.45) is 9.07. The largest absolute Gasteiger partial charge is 0.394 e. The van der Waals surface area contributed by atoms with Crippen molar-refractivity contribution in [3.8, 4) is 0 Å². The summed E-state index contributed by atoms with van der Waals surface area (Å²) in [4.78, 5) is 4.19. The van der Waals surface area contributed by atoms with E-state index in [-0.39, 0.29) is 12.6 Å². The molecule has 0 amide bonds. The van der Waals surface area contributed by atoms with Gasteiger partial charge in [0.2, 0.25) is 0 Å². The van der Waals surface area contributed by atoms with Crippen molar-refractivity contribution in [2.75, 3.05) is 6.61 Å². The monoisotopic (exact) mass is 221 g/mol. The average Bonchev–Trinajstić information content (AvgIpc) is 3.01. The summed E-state index contributed by atoms with van der Waals surface area (Å²) in [5.74, 6) is 1.72. The third-order valence-electron chi connectivity index (χ3n) is 4.33. The molecule has 2 aliphatic rings. The van der Waals surface area contributed by atoms with Gasteiger partial charge in [-0.2, -0.15) is 0 Å². The molecular formula is C12H19N3O. The van der Waals surface area contributed by atoms with Crippen LogP contribution in [0.25, 0.3) is 0 Å². The predicted molar refractivity (Wildman–Crippen MR) is 60.7 cm³/mol. The molecule has 2 aliphatic carbocycles. The molecule has 0 radical (unpaired) electrons. The van der Waals surface area contributed by atoms with Gasteiger partial charge in [0.25, 0.3) is 0 Å². The predicted octanol–water partition coefficient (Wildman–Crippen LogP) is 1.24. The van der Waals surface area contributed by atoms with Crippen molar-refractivity contribution >= 4 is 0 Å². The average molecular weight is 221 g/mol. The third-order valence-corrected chi connectivity index (χ3v) is 4.33. The van der Waals surface area contributed by atoms with E-state index in [1.165, 1.54) is 25.7 Å². The molecule has 2 saturated carbocycles. The summed E-state index contributed by atoms with van der Waals surface area (Å²) in [5, 5.41) is 9.14. The molecule has 1 heterocycles. The van der Waals surface area contributed by atoms with Gasteiger partial charge in [-0.3, -0.25) is 0 Å². The van der Waals surface area contributed by atoms with Crippen molar-refractivity contribution in [1.82, 2.24) is 9.55 Å². The quantitative estimate of drug-likeness (QED) is 0.807. The molecule has 88 valence electrons. The zero-order valence-corrected chi connectivity index (χ0v) is 9.42. The van der Waals surface area contributed by atoms with Gasteiger partial charge in [0.05, 0.1) is 24.7 Å². The van der Waals surface area contributed by atoms with Crippen LogP contribution in [0.3, 0.4) is 0 Å². The van der Waals surface area contributed by atoms with Gasteiger partial charge < -0.3 is 15.4 Å². The maximum atomic E-state index is 9.14. The van der Waals surface area contributed by atoms with Gasteiger partial charge in [-0.1, -0.05) is 6.42 Å². The van der Waals surface area contributed by atoms with E-state index in [1.807, 2.05) is 6.33 Å². The number of nitrogens with zero attached hydrogens (tertiary/aromatic N) is 2.